The Balaban J connectivity index is 2.39. The summed E-state index contributed by atoms with van der Waals surface area (Å²) in [5, 5.41) is 0.00530. The number of hydrogen-bond acceptors (Lipinski definition) is 4. The van der Waals surface area contributed by atoms with E-state index in [0.29, 0.717) is 0 Å². The second-order valence-corrected chi connectivity index (χ2v) is 4.80. The molecule has 0 fully saturated rings. The molecule has 17 heavy (non-hydrogen) atoms. The summed E-state index contributed by atoms with van der Waals surface area (Å²) in [7, 11) is 5.68. The van der Waals surface area contributed by atoms with Gasteiger partial charge in [-0.1, -0.05) is 6.07 Å². The van der Waals surface area contributed by atoms with Crippen molar-refractivity contribution in [3.8, 4) is 5.75 Å². The molecule has 4 nitrogen and oxygen atoms in total. The first-order chi connectivity index (χ1) is 8.00. The average molecular weight is 252 g/mol. The summed E-state index contributed by atoms with van der Waals surface area (Å²) in [6.45, 7) is 0.112. The molecule has 1 atom stereocenters. The smallest absolute Gasteiger partial charge is 0.264 e. The molecular formula is C12H16N2O2S. The quantitative estimate of drug-likeness (QED) is 0.640. The van der Waals surface area contributed by atoms with Crippen LogP contribution in [0.3, 0.4) is 0 Å². The SMILES string of the molecule is CN1C(=O)COc2ccc(C(S)N(C)C)cc21. The number of likely N-dealkylation sites (N-methyl/N-ethyl adjacent to an activating group) is 1. The summed E-state index contributed by atoms with van der Waals surface area (Å²) in [4.78, 5) is 15.2. The number of amides is 1. The van der Waals surface area contributed by atoms with Gasteiger partial charge in [-0.2, -0.15) is 12.6 Å². The first kappa shape index (κ1) is 12.3. The topological polar surface area (TPSA) is 32.8 Å². The van der Waals surface area contributed by atoms with Crippen molar-refractivity contribution >= 4 is 24.2 Å². The number of hydrogen-bond donors (Lipinski definition) is 1. The van der Waals surface area contributed by atoms with Gasteiger partial charge in [0.1, 0.15) is 5.75 Å². The molecule has 0 N–H and O–H groups in total. The molecule has 0 spiro atoms. The molecule has 1 aromatic carbocycles. The van der Waals surface area contributed by atoms with Crippen molar-refractivity contribution in [2.75, 3.05) is 32.6 Å². The van der Waals surface area contributed by atoms with Crippen LogP contribution in [-0.4, -0.2) is 38.6 Å². The summed E-state index contributed by atoms with van der Waals surface area (Å²) < 4.78 is 5.37. The third kappa shape index (κ3) is 2.25. The maximum atomic E-state index is 11.5. The van der Waals surface area contributed by atoms with Gasteiger partial charge in [0.05, 0.1) is 11.1 Å². The second kappa shape index (κ2) is 4.58. The van der Waals surface area contributed by atoms with E-state index < -0.39 is 0 Å². The normalized spacial score (nSPS) is 16.8. The van der Waals surface area contributed by atoms with Gasteiger partial charge in [-0.05, 0) is 31.8 Å². The number of benzene rings is 1. The summed E-state index contributed by atoms with van der Waals surface area (Å²) in [5.41, 5.74) is 1.85. The summed E-state index contributed by atoms with van der Waals surface area (Å²) in [5.74, 6) is 0.713. The standard InChI is InChI=1S/C12H16N2O2S/c1-13(2)12(17)8-4-5-10-9(6-8)14(3)11(15)7-16-10/h4-6,12,17H,7H2,1-3H3. The lowest BCUT2D eigenvalue weighted by molar-refractivity contribution is -0.120. The van der Waals surface area contributed by atoms with Gasteiger partial charge in [0.15, 0.2) is 6.61 Å². The Hall–Kier alpha value is -1.20. The molecule has 1 unspecified atom stereocenters. The third-order valence-corrected chi connectivity index (χ3v) is 3.62. The van der Waals surface area contributed by atoms with Crippen LogP contribution in [0.2, 0.25) is 0 Å². The van der Waals surface area contributed by atoms with Crippen molar-refractivity contribution in [2.45, 2.75) is 5.37 Å². The van der Waals surface area contributed by atoms with Gasteiger partial charge < -0.3 is 9.64 Å². The monoisotopic (exact) mass is 252 g/mol. The summed E-state index contributed by atoms with van der Waals surface area (Å²) in [6.07, 6.45) is 0. The molecule has 1 heterocycles. The molecule has 1 aliphatic rings. The molecule has 0 aromatic heterocycles. The number of anilines is 1. The minimum absolute atomic E-state index is 0.00530. The van der Waals surface area contributed by atoms with Gasteiger partial charge in [0.2, 0.25) is 0 Å². The maximum Gasteiger partial charge on any atom is 0.264 e. The van der Waals surface area contributed by atoms with Crippen LogP contribution in [0.4, 0.5) is 5.69 Å². The van der Waals surface area contributed by atoms with E-state index in [9.17, 15) is 4.79 Å². The van der Waals surface area contributed by atoms with Crippen molar-refractivity contribution in [3.63, 3.8) is 0 Å². The van der Waals surface area contributed by atoms with Crippen molar-refractivity contribution in [2.24, 2.45) is 0 Å². The zero-order valence-corrected chi connectivity index (χ0v) is 11.1. The van der Waals surface area contributed by atoms with Gasteiger partial charge in [-0.25, -0.2) is 0 Å². The predicted octanol–water partition coefficient (Wildman–Crippen LogP) is 1.53. The van der Waals surface area contributed by atoms with Crippen molar-refractivity contribution in [3.05, 3.63) is 23.8 Å². The number of ether oxygens (including phenoxy) is 1. The number of carbonyl (C=O) groups excluding carboxylic acids is 1. The number of fused-ring (bicyclic) bond motifs is 1. The van der Waals surface area contributed by atoms with Crippen LogP contribution in [0.1, 0.15) is 10.9 Å². The number of thiol groups is 1. The zero-order chi connectivity index (χ0) is 12.6. The molecule has 0 radical (unpaired) electrons. The Morgan fingerprint density at radius 1 is 1.47 bits per heavy atom. The molecule has 0 bridgehead atoms. The van der Waals surface area contributed by atoms with Crippen molar-refractivity contribution in [1.29, 1.82) is 0 Å². The molecule has 0 aliphatic carbocycles. The third-order valence-electron chi connectivity index (χ3n) is 2.86. The lowest BCUT2D eigenvalue weighted by Gasteiger charge is -2.28. The Labute approximate surface area is 107 Å². The van der Waals surface area contributed by atoms with Crippen LogP contribution >= 0.6 is 12.6 Å². The minimum Gasteiger partial charge on any atom is -0.482 e. The average Bonchev–Trinajstić information content (AvgIpc) is 2.32. The lowest BCUT2D eigenvalue weighted by atomic mass is 10.1. The van der Waals surface area contributed by atoms with Crippen molar-refractivity contribution < 1.29 is 9.53 Å². The summed E-state index contributed by atoms with van der Waals surface area (Å²) >= 11 is 4.52. The highest BCUT2D eigenvalue weighted by atomic mass is 32.1. The van der Waals surface area contributed by atoms with Gasteiger partial charge in [0, 0.05) is 7.05 Å². The fourth-order valence-electron chi connectivity index (χ4n) is 1.75. The van der Waals surface area contributed by atoms with Gasteiger partial charge in [-0.3, -0.25) is 9.69 Å². The van der Waals surface area contributed by atoms with Gasteiger partial charge in [-0.15, -0.1) is 0 Å². The van der Waals surface area contributed by atoms with E-state index >= 15 is 0 Å². The number of rotatable bonds is 2. The van der Waals surface area contributed by atoms with Gasteiger partial charge >= 0.3 is 0 Å². The highest BCUT2D eigenvalue weighted by Crippen LogP contribution is 2.35. The molecule has 1 aliphatic heterocycles. The van der Waals surface area contributed by atoms with Crippen LogP contribution < -0.4 is 9.64 Å². The summed E-state index contributed by atoms with van der Waals surface area (Å²) in [6, 6.07) is 5.81. The largest absolute Gasteiger partial charge is 0.482 e. The molecular weight excluding hydrogens is 236 g/mol. The van der Waals surface area contributed by atoms with E-state index in [2.05, 4.69) is 12.6 Å². The van der Waals surface area contributed by atoms with E-state index in [1.165, 1.54) is 0 Å². The second-order valence-electron chi connectivity index (χ2n) is 4.31. The molecule has 1 amide bonds. The van der Waals surface area contributed by atoms with E-state index in [4.69, 9.17) is 4.74 Å². The Morgan fingerprint density at radius 2 is 2.18 bits per heavy atom. The number of nitrogens with zero attached hydrogens (tertiary/aromatic N) is 2. The highest BCUT2D eigenvalue weighted by molar-refractivity contribution is 7.80. The molecule has 0 saturated heterocycles. The van der Waals surface area contributed by atoms with E-state index in [-0.39, 0.29) is 17.9 Å². The first-order valence-electron chi connectivity index (χ1n) is 5.38. The van der Waals surface area contributed by atoms with Crippen molar-refractivity contribution in [1.82, 2.24) is 4.90 Å². The van der Waals surface area contributed by atoms with Crippen LogP contribution in [0, 0.1) is 0 Å². The minimum atomic E-state index is -0.0322. The number of carbonyl (C=O) groups is 1. The van der Waals surface area contributed by atoms with Crippen LogP contribution in [0.5, 0.6) is 5.75 Å². The van der Waals surface area contributed by atoms with Crippen LogP contribution in [0.15, 0.2) is 18.2 Å². The van der Waals surface area contributed by atoms with E-state index in [0.717, 1.165) is 17.0 Å². The Bertz CT molecular complexity index is 448. The fourth-order valence-corrected chi connectivity index (χ4v) is 1.91. The Kier molecular flexibility index (Phi) is 3.31. The van der Waals surface area contributed by atoms with E-state index in [1.54, 1.807) is 11.9 Å². The molecule has 92 valence electrons. The van der Waals surface area contributed by atoms with Crippen LogP contribution in [0.25, 0.3) is 0 Å². The zero-order valence-electron chi connectivity index (χ0n) is 10.2. The molecule has 2 rings (SSSR count). The Morgan fingerprint density at radius 3 is 2.82 bits per heavy atom. The van der Waals surface area contributed by atoms with Gasteiger partial charge in [0.25, 0.3) is 5.91 Å². The molecule has 1 aromatic rings. The van der Waals surface area contributed by atoms with E-state index in [1.807, 2.05) is 37.2 Å². The molecule has 0 saturated carbocycles. The molecule has 5 heteroatoms. The first-order valence-corrected chi connectivity index (χ1v) is 5.90. The maximum absolute atomic E-state index is 11.5. The fraction of sp³-hybridized carbons (Fsp3) is 0.417. The lowest BCUT2D eigenvalue weighted by Crippen LogP contribution is -2.35. The highest BCUT2D eigenvalue weighted by Gasteiger charge is 2.23. The predicted molar refractivity (Wildman–Crippen MR) is 70.8 cm³/mol. The van der Waals surface area contributed by atoms with Crippen LogP contribution in [-0.2, 0) is 4.79 Å².